The molecule has 1 aliphatic heterocycles. The SMILES string of the molecule is COCC(=O)N1CCC2(CC(NS(C)(=O)=O)C2)C1. The van der Waals surface area contributed by atoms with Gasteiger partial charge in [-0.25, -0.2) is 13.1 Å². The van der Waals surface area contributed by atoms with E-state index >= 15 is 0 Å². The standard InChI is InChI=1S/C11H20N2O4S/c1-17-7-10(14)13-4-3-11(8-13)5-9(6-11)12-18(2,15)16/h9,12H,3-8H2,1-2H3. The van der Waals surface area contributed by atoms with Crippen LogP contribution < -0.4 is 4.72 Å². The fourth-order valence-corrected chi connectivity index (χ4v) is 3.84. The molecule has 1 saturated carbocycles. The second-order valence-electron chi connectivity index (χ2n) is 5.49. The lowest BCUT2D eigenvalue weighted by atomic mass is 9.65. The van der Waals surface area contributed by atoms with Gasteiger partial charge >= 0.3 is 0 Å². The van der Waals surface area contributed by atoms with E-state index in [1.54, 1.807) is 0 Å². The molecule has 0 aromatic heterocycles. The van der Waals surface area contributed by atoms with Gasteiger partial charge in [0.05, 0.1) is 6.26 Å². The van der Waals surface area contributed by atoms with Crippen LogP contribution in [0.3, 0.4) is 0 Å². The van der Waals surface area contributed by atoms with Gasteiger partial charge in [0.2, 0.25) is 15.9 Å². The molecule has 1 aliphatic carbocycles. The van der Waals surface area contributed by atoms with E-state index in [0.717, 1.165) is 32.4 Å². The molecular weight excluding hydrogens is 256 g/mol. The maximum Gasteiger partial charge on any atom is 0.248 e. The quantitative estimate of drug-likeness (QED) is 0.755. The fraction of sp³-hybridized carbons (Fsp3) is 0.909. The maximum atomic E-state index is 11.7. The van der Waals surface area contributed by atoms with Crippen molar-refractivity contribution in [2.45, 2.75) is 25.3 Å². The van der Waals surface area contributed by atoms with Crippen molar-refractivity contribution in [3.05, 3.63) is 0 Å². The van der Waals surface area contributed by atoms with Gasteiger partial charge in [0, 0.05) is 26.2 Å². The number of carbonyl (C=O) groups is 1. The van der Waals surface area contributed by atoms with Crippen molar-refractivity contribution >= 4 is 15.9 Å². The minimum absolute atomic E-state index is 0.0221. The number of rotatable bonds is 4. The third kappa shape index (κ3) is 3.02. The highest BCUT2D eigenvalue weighted by Crippen LogP contribution is 2.48. The smallest absolute Gasteiger partial charge is 0.248 e. The minimum atomic E-state index is -3.12. The van der Waals surface area contributed by atoms with Crippen LogP contribution in [0, 0.1) is 5.41 Å². The van der Waals surface area contributed by atoms with Crippen LogP contribution in [-0.2, 0) is 19.6 Å². The van der Waals surface area contributed by atoms with E-state index in [9.17, 15) is 13.2 Å². The van der Waals surface area contributed by atoms with Gasteiger partial charge < -0.3 is 9.64 Å². The average molecular weight is 276 g/mol. The first kappa shape index (κ1) is 13.8. The lowest BCUT2D eigenvalue weighted by Gasteiger charge is -2.45. The van der Waals surface area contributed by atoms with Crippen LogP contribution in [-0.4, -0.2) is 58.3 Å². The third-order valence-corrected chi connectivity index (χ3v) is 4.56. The summed E-state index contributed by atoms with van der Waals surface area (Å²) in [5.41, 5.74) is 0.131. The second-order valence-corrected chi connectivity index (χ2v) is 7.27. The van der Waals surface area contributed by atoms with Crippen LogP contribution >= 0.6 is 0 Å². The van der Waals surface area contributed by atoms with E-state index in [2.05, 4.69) is 4.72 Å². The number of nitrogens with zero attached hydrogens (tertiary/aromatic N) is 1. The van der Waals surface area contributed by atoms with Gasteiger partial charge in [-0.15, -0.1) is 0 Å². The highest BCUT2D eigenvalue weighted by atomic mass is 32.2. The van der Waals surface area contributed by atoms with Crippen LogP contribution in [0.15, 0.2) is 0 Å². The molecule has 18 heavy (non-hydrogen) atoms. The Bertz CT molecular complexity index is 428. The molecule has 1 spiro atoms. The number of amides is 1. The summed E-state index contributed by atoms with van der Waals surface area (Å²) in [4.78, 5) is 13.5. The van der Waals surface area contributed by atoms with E-state index < -0.39 is 10.0 Å². The van der Waals surface area contributed by atoms with E-state index in [1.807, 2.05) is 4.90 Å². The Morgan fingerprint density at radius 1 is 1.50 bits per heavy atom. The molecule has 2 fully saturated rings. The molecular formula is C11H20N2O4S. The molecule has 7 heteroatoms. The summed E-state index contributed by atoms with van der Waals surface area (Å²) in [7, 11) is -1.61. The number of carbonyl (C=O) groups excluding carboxylic acids is 1. The summed E-state index contributed by atoms with van der Waals surface area (Å²) in [6.07, 6.45) is 3.80. The van der Waals surface area contributed by atoms with Gasteiger partial charge in [-0.05, 0) is 24.7 Å². The van der Waals surface area contributed by atoms with Gasteiger partial charge in [-0.2, -0.15) is 0 Å². The molecule has 0 aromatic rings. The minimum Gasteiger partial charge on any atom is -0.375 e. The first-order valence-electron chi connectivity index (χ1n) is 6.08. The van der Waals surface area contributed by atoms with E-state index in [0.29, 0.717) is 0 Å². The summed E-state index contributed by atoms with van der Waals surface area (Å²) in [6.45, 7) is 1.62. The molecule has 0 radical (unpaired) electrons. The lowest BCUT2D eigenvalue weighted by Crippen LogP contribution is -2.51. The normalized spacial score (nSPS) is 31.7. The molecule has 1 amide bonds. The first-order chi connectivity index (χ1) is 8.34. The van der Waals surface area contributed by atoms with Crippen molar-refractivity contribution in [1.82, 2.24) is 9.62 Å². The molecule has 2 aliphatic rings. The number of sulfonamides is 1. The van der Waals surface area contributed by atoms with Crippen LogP contribution in [0.2, 0.25) is 0 Å². The number of ether oxygens (including phenoxy) is 1. The van der Waals surface area contributed by atoms with Gasteiger partial charge in [-0.1, -0.05) is 0 Å². The molecule has 2 rings (SSSR count). The van der Waals surface area contributed by atoms with E-state index in [4.69, 9.17) is 4.74 Å². The summed E-state index contributed by atoms with van der Waals surface area (Å²) in [6, 6.07) is 0.0393. The summed E-state index contributed by atoms with van der Waals surface area (Å²) in [5.74, 6) is 0.0221. The van der Waals surface area contributed by atoms with Crippen LogP contribution in [0.4, 0.5) is 0 Å². The van der Waals surface area contributed by atoms with Crippen molar-refractivity contribution in [3.8, 4) is 0 Å². The number of hydrogen-bond donors (Lipinski definition) is 1. The van der Waals surface area contributed by atoms with Crippen molar-refractivity contribution in [2.75, 3.05) is 33.1 Å². The average Bonchev–Trinajstić information content (AvgIpc) is 2.60. The number of methoxy groups -OCH3 is 1. The Kier molecular flexibility index (Phi) is 3.66. The predicted molar refractivity (Wildman–Crippen MR) is 66.5 cm³/mol. The largest absolute Gasteiger partial charge is 0.375 e. The highest BCUT2D eigenvalue weighted by Gasteiger charge is 2.49. The third-order valence-electron chi connectivity index (χ3n) is 3.80. The van der Waals surface area contributed by atoms with Crippen LogP contribution in [0.1, 0.15) is 19.3 Å². The highest BCUT2D eigenvalue weighted by molar-refractivity contribution is 7.88. The molecule has 1 heterocycles. The van der Waals surface area contributed by atoms with E-state index in [-0.39, 0.29) is 24.0 Å². The molecule has 0 atom stereocenters. The van der Waals surface area contributed by atoms with Crippen molar-refractivity contribution in [1.29, 1.82) is 0 Å². The topological polar surface area (TPSA) is 75.7 Å². The zero-order valence-electron chi connectivity index (χ0n) is 10.8. The molecule has 6 nitrogen and oxygen atoms in total. The van der Waals surface area contributed by atoms with Gasteiger partial charge in [0.25, 0.3) is 0 Å². The fourth-order valence-electron chi connectivity index (χ4n) is 3.07. The van der Waals surface area contributed by atoms with Crippen molar-refractivity contribution < 1.29 is 17.9 Å². The molecule has 0 aromatic carbocycles. The van der Waals surface area contributed by atoms with Crippen molar-refractivity contribution in [2.24, 2.45) is 5.41 Å². The van der Waals surface area contributed by atoms with Gasteiger partial charge in [0.1, 0.15) is 6.61 Å². The Labute approximate surface area is 108 Å². The van der Waals surface area contributed by atoms with Gasteiger partial charge in [0.15, 0.2) is 0 Å². The molecule has 0 unspecified atom stereocenters. The predicted octanol–water partition coefficient (Wildman–Crippen LogP) is -0.437. The molecule has 0 bridgehead atoms. The Balaban J connectivity index is 1.82. The van der Waals surface area contributed by atoms with Crippen LogP contribution in [0.25, 0.3) is 0 Å². The summed E-state index contributed by atoms with van der Waals surface area (Å²) in [5, 5.41) is 0. The number of nitrogens with one attached hydrogen (secondary N) is 1. The van der Waals surface area contributed by atoms with E-state index in [1.165, 1.54) is 13.4 Å². The molecule has 1 N–H and O–H groups in total. The Hall–Kier alpha value is -0.660. The Morgan fingerprint density at radius 3 is 2.72 bits per heavy atom. The first-order valence-corrected chi connectivity index (χ1v) is 7.97. The number of hydrogen-bond acceptors (Lipinski definition) is 4. The lowest BCUT2D eigenvalue weighted by molar-refractivity contribution is -0.134. The maximum absolute atomic E-state index is 11.7. The molecule has 104 valence electrons. The van der Waals surface area contributed by atoms with Crippen molar-refractivity contribution in [3.63, 3.8) is 0 Å². The summed E-state index contributed by atoms with van der Waals surface area (Å²) >= 11 is 0. The molecule has 1 saturated heterocycles. The van der Waals surface area contributed by atoms with Gasteiger partial charge in [-0.3, -0.25) is 4.79 Å². The second kappa shape index (κ2) is 4.79. The summed E-state index contributed by atoms with van der Waals surface area (Å²) < 4.78 is 29.7. The zero-order chi connectivity index (χ0) is 13.4. The monoisotopic (exact) mass is 276 g/mol. The Morgan fingerprint density at radius 2 is 2.17 bits per heavy atom. The van der Waals surface area contributed by atoms with Crippen LogP contribution in [0.5, 0.6) is 0 Å². The number of likely N-dealkylation sites (tertiary alicyclic amines) is 1. The zero-order valence-corrected chi connectivity index (χ0v) is 11.6.